The molecule has 6 nitrogen and oxygen atoms in total. The molecule has 7 heteroatoms. The summed E-state index contributed by atoms with van der Waals surface area (Å²) in [5, 5.41) is 0. The van der Waals surface area contributed by atoms with E-state index in [0.29, 0.717) is 32.6 Å². The number of hydrogen-bond acceptors (Lipinski definition) is 3. The van der Waals surface area contributed by atoms with Crippen molar-refractivity contribution in [1.82, 2.24) is 9.21 Å². The number of nitrogens with two attached hydrogens (primary N) is 1. The first kappa shape index (κ1) is 16.5. The summed E-state index contributed by atoms with van der Waals surface area (Å²) in [5.41, 5.74) is 5.19. The Balaban J connectivity index is 2.00. The lowest BCUT2D eigenvalue weighted by Gasteiger charge is -2.35. The van der Waals surface area contributed by atoms with Gasteiger partial charge in [0.2, 0.25) is 10.0 Å². The highest BCUT2D eigenvalue weighted by Gasteiger charge is 2.35. The number of primary amides is 1. The van der Waals surface area contributed by atoms with Crippen molar-refractivity contribution in [2.45, 2.75) is 45.4 Å². The second-order valence-electron chi connectivity index (χ2n) is 6.71. The summed E-state index contributed by atoms with van der Waals surface area (Å²) in [5.74, 6) is 0.233. The highest BCUT2D eigenvalue weighted by molar-refractivity contribution is 7.89. The molecule has 0 radical (unpaired) electrons. The largest absolute Gasteiger partial charge is 0.351 e. The summed E-state index contributed by atoms with van der Waals surface area (Å²) in [6.45, 7) is 3.88. The van der Waals surface area contributed by atoms with Crippen LogP contribution in [0.3, 0.4) is 0 Å². The van der Waals surface area contributed by atoms with Crippen molar-refractivity contribution in [2.75, 3.05) is 31.9 Å². The standard InChI is InChI=1S/C14H27N3O3S/c1-14(6-3-2-4-7-14)12-21(19,20)17-9-5-8-16(10-11-17)13(15)18/h2-12H2,1H3,(H2,15,18). The number of nitrogens with zero attached hydrogens (tertiary/aromatic N) is 2. The summed E-state index contributed by atoms with van der Waals surface area (Å²) in [6, 6.07) is -0.464. The lowest BCUT2D eigenvalue weighted by Crippen LogP contribution is -2.42. The van der Waals surface area contributed by atoms with Gasteiger partial charge in [-0.3, -0.25) is 0 Å². The minimum Gasteiger partial charge on any atom is -0.351 e. The molecule has 2 rings (SSSR count). The molecule has 1 aliphatic heterocycles. The van der Waals surface area contributed by atoms with Gasteiger partial charge in [-0.1, -0.05) is 26.2 Å². The van der Waals surface area contributed by atoms with Crippen LogP contribution in [0.2, 0.25) is 0 Å². The quantitative estimate of drug-likeness (QED) is 0.853. The third-order valence-corrected chi connectivity index (χ3v) is 6.97. The maximum absolute atomic E-state index is 12.7. The lowest BCUT2D eigenvalue weighted by molar-refractivity contribution is 0.210. The van der Waals surface area contributed by atoms with E-state index >= 15 is 0 Å². The monoisotopic (exact) mass is 317 g/mol. The van der Waals surface area contributed by atoms with Crippen molar-refractivity contribution >= 4 is 16.1 Å². The van der Waals surface area contributed by atoms with Crippen molar-refractivity contribution < 1.29 is 13.2 Å². The van der Waals surface area contributed by atoms with Crippen LogP contribution in [0.25, 0.3) is 0 Å². The summed E-state index contributed by atoms with van der Waals surface area (Å²) in [4.78, 5) is 12.7. The van der Waals surface area contributed by atoms with Crippen LogP contribution in [0, 0.1) is 5.41 Å². The predicted octanol–water partition coefficient (Wildman–Crippen LogP) is 1.37. The fourth-order valence-electron chi connectivity index (χ4n) is 3.47. The molecule has 1 saturated carbocycles. The molecule has 1 heterocycles. The van der Waals surface area contributed by atoms with Crippen LogP contribution in [-0.4, -0.2) is 55.6 Å². The van der Waals surface area contributed by atoms with Crippen molar-refractivity contribution in [3.05, 3.63) is 0 Å². The molecule has 2 amide bonds. The average Bonchev–Trinajstić information content (AvgIpc) is 2.64. The van der Waals surface area contributed by atoms with E-state index < -0.39 is 16.1 Å². The predicted molar refractivity (Wildman–Crippen MR) is 82.3 cm³/mol. The number of urea groups is 1. The number of carbonyl (C=O) groups is 1. The molecule has 21 heavy (non-hydrogen) atoms. The molecular weight excluding hydrogens is 290 g/mol. The van der Waals surface area contributed by atoms with Crippen LogP contribution >= 0.6 is 0 Å². The second-order valence-corrected chi connectivity index (χ2v) is 8.67. The van der Waals surface area contributed by atoms with Crippen molar-refractivity contribution in [3.63, 3.8) is 0 Å². The Morgan fingerprint density at radius 2 is 1.71 bits per heavy atom. The van der Waals surface area contributed by atoms with Gasteiger partial charge in [0.05, 0.1) is 5.75 Å². The van der Waals surface area contributed by atoms with Gasteiger partial charge in [0, 0.05) is 26.2 Å². The normalized spacial score (nSPS) is 24.5. The Labute approximate surface area is 127 Å². The number of rotatable bonds is 3. The van der Waals surface area contributed by atoms with E-state index in [-0.39, 0.29) is 11.2 Å². The van der Waals surface area contributed by atoms with Gasteiger partial charge in [0.1, 0.15) is 0 Å². The van der Waals surface area contributed by atoms with Gasteiger partial charge in [-0.15, -0.1) is 0 Å². The summed E-state index contributed by atoms with van der Waals surface area (Å²) in [7, 11) is -3.26. The number of carbonyl (C=O) groups excluding carboxylic acids is 1. The first-order valence-corrected chi connectivity index (χ1v) is 9.46. The van der Waals surface area contributed by atoms with E-state index in [4.69, 9.17) is 5.73 Å². The molecule has 1 aliphatic carbocycles. The molecule has 1 saturated heterocycles. The molecule has 0 aromatic carbocycles. The SMILES string of the molecule is CC1(CS(=O)(=O)N2CCCN(C(N)=O)CC2)CCCCC1. The summed E-state index contributed by atoms with van der Waals surface area (Å²) < 4.78 is 26.9. The molecule has 0 atom stereocenters. The van der Waals surface area contributed by atoms with Crippen LogP contribution in [0.15, 0.2) is 0 Å². The Morgan fingerprint density at radius 3 is 2.33 bits per heavy atom. The van der Waals surface area contributed by atoms with Gasteiger partial charge >= 0.3 is 6.03 Å². The van der Waals surface area contributed by atoms with Gasteiger partial charge in [-0.25, -0.2) is 17.5 Å². The zero-order valence-corrected chi connectivity index (χ0v) is 13.7. The Bertz CT molecular complexity index is 472. The Morgan fingerprint density at radius 1 is 1.05 bits per heavy atom. The molecular formula is C14H27N3O3S. The minimum absolute atomic E-state index is 0.0905. The zero-order valence-electron chi connectivity index (χ0n) is 12.9. The highest BCUT2D eigenvalue weighted by atomic mass is 32.2. The van der Waals surface area contributed by atoms with Crippen LogP contribution < -0.4 is 5.73 Å². The number of sulfonamides is 1. The van der Waals surface area contributed by atoms with Crippen LogP contribution in [0.1, 0.15) is 45.4 Å². The molecule has 0 unspecified atom stereocenters. The third-order valence-electron chi connectivity index (χ3n) is 4.75. The Kier molecular flexibility index (Phi) is 5.14. The Hall–Kier alpha value is -0.820. The molecule has 2 N–H and O–H groups in total. The topological polar surface area (TPSA) is 83.7 Å². The molecule has 2 fully saturated rings. The molecule has 2 aliphatic rings. The molecule has 0 aromatic rings. The smallest absolute Gasteiger partial charge is 0.314 e. The number of hydrogen-bond donors (Lipinski definition) is 1. The number of amides is 2. The van der Waals surface area contributed by atoms with E-state index in [0.717, 1.165) is 25.7 Å². The van der Waals surface area contributed by atoms with Crippen LogP contribution in [0.5, 0.6) is 0 Å². The minimum atomic E-state index is -3.26. The van der Waals surface area contributed by atoms with E-state index in [2.05, 4.69) is 6.92 Å². The van der Waals surface area contributed by atoms with Gasteiger partial charge < -0.3 is 10.6 Å². The fourth-order valence-corrected chi connectivity index (χ4v) is 5.59. The maximum Gasteiger partial charge on any atom is 0.314 e. The van der Waals surface area contributed by atoms with Gasteiger partial charge in [0.25, 0.3) is 0 Å². The summed E-state index contributed by atoms with van der Waals surface area (Å²) in [6.07, 6.45) is 6.11. The molecule has 0 aromatic heterocycles. The van der Waals surface area contributed by atoms with Gasteiger partial charge in [0.15, 0.2) is 0 Å². The van der Waals surface area contributed by atoms with Crippen LogP contribution in [-0.2, 0) is 10.0 Å². The summed E-state index contributed by atoms with van der Waals surface area (Å²) >= 11 is 0. The van der Waals surface area contributed by atoms with Crippen LogP contribution in [0.4, 0.5) is 4.79 Å². The average molecular weight is 317 g/mol. The van der Waals surface area contributed by atoms with E-state index in [1.807, 2.05) is 0 Å². The fraction of sp³-hybridized carbons (Fsp3) is 0.929. The molecule has 122 valence electrons. The first-order chi connectivity index (χ1) is 9.82. The highest BCUT2D eigenvalue weighted by Crippen LogP contribution is 2.37. The van der Waals surface area contributed by atoms with Crippen molar-refractivity contribution in [1.29, 1.82) is 0 Å². The zero-order chi connectivity index (χ0) is 15.5. The first-order valence-electron chi connectivity index (χ1n) is 7.85. The van der Waals surface area contributed by atoms with Gasteiger partial charge in [-0.05, 0) is 24.7 Å². The molecule has 0 spiro atoms. The van der Waals surface area contributed by atoms with Gasteiger partial charge in [-0.2, -0.15) is 0 Å². The maximum atomic E-state index is 12.7. The second kappa shape index (κ2) is 6.52. The van der Waals surface area contributed by atoms with E-state index in [1.165, 1.54) is 11.3 Å². The van der Waals surface area contributed by atoms with Crippen molar-refractivity contribution in [2.24, 2.45) is 11.1 Å². The van der Waals surface area contributed by atoms with Crippen molar-refractivity contribution in [3.8, 4) is 0 Å². The third kappa shape index (κ3) is 4.32. The lowest BCUT2D eigenvalue weighted by atomic mass is 9.77. The van der Waals surface area contributed by atoms with E-state index in [1.54, 1.807) is 4.31 Å². The molecule has 0 bridgehead atoms. The van der Waals surface area contributed by atoms with E-state index in [9.17, 15) is 13.2 Å².